The minimum Gasteiger partial charge on any atom is -0.490 e. The molecule has 1 heterocycles. The Balaban J connectivity index is 1.83. The lowest BCUT2D eigenvalue weighted by Crippen LogP contribution is -2.37. The Morgan fingerprint density at radius 2 is 2.19 bits per heavy atom. The smallest absolute Gasteiger partial charge is 0.191 e. The van der Waals surface area contributed by atoms with Gasteiger partial charge in [-0.25, -0.2) is 4.98 Å². The molecule has 1 atom stereocenters. The summed E-state index contributed by atoms with van der Waals surface area (Å²) in [6.07, 6.45) is 7.81. The molecule has 0 aliphatic rings. The molecular formula is C20H31N5O. The van der Waals surface area contributed by atoms with Crippen LogP contribution in [0, 0.1) is 6.92 Å². The van der Waals surface area contributed by atoms with Crippen molar-refractivity contribution in [3.05, 3.63) is 48.0 Å². The van der Waals surface area contributed by atoms with E-state index in [9.17, 15) is 0 Å². The molecule has 0 aliphatic heterocycles. The van der Waals surface area contributed by atoms with Crippen LogP contribution in [0.2, 0.25) is 0 Å². The molecule has 6 nitrogen and oxygen atoms in total. The topological polar surface area (TPSA) is 63.5 Å². The number of guanidine groups is 1. The maximum absolute atomic E-state index is 6.07. The number of hydrogen-bond acceptors (Lipinski definition) is 3. The number of benzene rings is 1. The molecule has 0 spiro atoms. The van der Waals surface area contributed by atoms with Crippen LogP contribution in [0.4, 0.5) is 0 Å². The summed E-state index contributed by atoms with van der Waals surface area (Å²) < 4.78 is 8.14. The lowest BCUT2D eigenvalue weighted by atomic mass is 10.1. The first kappa shape index (κ1) is 19.8. The summed E-state index contributed by atoms with van der Waals surface area (Å²) in [4.78, 5) is 8.35. The monoisotopic (exact) mass is 357 g/mol. The molecule has 0 fully saturated rings. The molecule has 2 N–H and O–H groups in total. The van der Waals surface area contributed by atoms with Gasteiger partial charge in [-0.1, -0.05) is 19.1 Å². The molecule has 26 heavy (non-hydrogen) atoms. The van der Waals surface area contributed by atoms with Gasteiger partial charge in [0.1, 0.15) is 5.75 Å². The molecular weight excluding hydrogens is 326 g/mol. The fraction of sp³-hybridized carbons (Fsp3) is 0.500. The zero-order chi connectivity index (χ0) is 18.8. The van der Waals surface area contributed by atoms with Gasteiger partial charge in [-0.15, -0.1) is 0 Å². The highest BCUT2D eigenvalue weighted by atomic mass is 16.5. The van der Waals surface area contributed by atoms with Crippen LogP contribution < -0.4 is 15.4 Å². The van der Waals surface area contributed by atoms with Crippen LogP contribution in [0.15, 0.2) is 41.9 Å². The molecule has 2 rings (SSSR count). The molecule has 0 bridgehead atoms. The molecule has 1 aromatic carbocycles. The second-order valence-corrected chi connectivity index (χ2v) is 6.45. The Morgan fingerprint density at radius 1 is 1.35 bits per heavy atom. The number of imidazole rings is 1. The predicted molar refractivity (Wildman–Crippen MR) is 107 cm³/mol. The van der Waals surface area contributed by atoms with Crippen molar-refractivity contribution in [1.82, 2.24) is 20.2 Å². The summed E-state index contributed by atoms with van der Waals surface area (Å²) in [6, 6.07) is 6.33. The van der Waals surface area contributed by atoms with Crippen molar-refractivity contribution in [2.75, 3.05) is 13.6 Å². The fourth-order valence-electron chi connectivity index (χ4n) is 2.50. The number of aryl methyl sites for hydroxylation is 2. The lowest BCUT2D eigenvalue weighted by Gasteiger charge is -2.18. The van der Waals surface area contributed by atoms with Gasteiger partial charge in [0, 0.05) is 44.6 Å². The van der Waals surface area contributed by atoms with Crippen molar-refractivity contribution < 1.29 is 4.74 Å². The summed E-state index contributed by atoms with van der Waals surface area (Å²) >= 11 is 0. The molecule has 0 aliphatic carbocycles. The van der Waals surface area contributed by atoms with Crippen LogP contribution in [-0.4, -0.2) is 35.2 Å². The van der Waals surface area contributed by atoms with E-state index in [0.29, 0.717) is 6.54 Å². The van der Waals surface area contributed by atoms with Gasteiger partial charge >= 0.3 is 0 Å². The highest BCUT2D eigenvalue weighted by molar-refractivity contribution is 5.79. The molecule has 0 radical (unpaired) electrons. The molecule has 6 heteroatoms. The van der Waals surface area contributed by atoms with E-state index in [0.717, 1.165) is 43.2 Å². The van der Waals surface area contributed by atoms with Crippen LogP contribution in [0.1, 0.15) is 37.8 Å². The van der Waals surface area contributed by atoms with E-state index in [1.807, 2.05) is 12.5 Å². The van der Waals surface area contributed by atoms with E-state index in [1.54, 1.807) is 13.2 Å². The zero-order valence-electron chi connectivity index (χ0n) is 16.3. The Bertz CT molecular complexity index is 682. The van der Waals surface area contributed by atoms with Crippen LogP contribution >= 0.6 is 0 Å². The van der Waals surface area contributed by atoms with Gasteiger partial charge in [0.05, 0.1) is 12.4 Å². The second-order valence-electron chi connectivity index (χ2n) is 6.45. The van der Waals surface area contributed by atoms with Gasteiger partial charge < -0.3 is 19.9 Å². The molecule has 142 valence electrons. The number of aromatic nitrogens is 2. The average Bonchev–Trinajstić information content (AvgIpc) is 3.15. The summed E-state index contributed by atoms with van der Waals surface area (Å²) in [6.45, 7) is 8.78. The van der Waals surface area contributed by atoms with Crippen molar-refractivity contribution >= 4 is 5.96 Å². The number of nitrogens with one attached hydrogen (secondary N) is 2. The third-order valence-corrected chi connectivity index (χ3v) is 4.24. The Kier molecular flexibility index (Phi) is 7.99. The highest BCUT2D eigenvalue weighted by Crippen LogP contribution is 2.22. The average molecular weight is 358 g/mol. The Labute approximate surface area is 156 Å². The molecule has 2 aromatic rings. The van der Waals surface area contributed by atoms with E-state index < -0.39 is 0 Å². The van der Waals surface area contributed by atoms with E-state index in [1.165, 1.54) is 5.56 Å². The first-order chi connectivity index (χ1) is 12.6. The van der Waals surface area contributed by atoms with E-state index >= 15 is 0 Å². The van der Waals surface area contributed by atoms with Crippen molar-refractivity contribution in [2.45, 2.75) is 52.8 Å². The van der Waals surface area contributed by atoms with Crippen LogP contribution in [0.25, 0.3) is 0 Å². The van der Waals surface area contributed by atoms with Gasteiger partial charge in [0.2, 0.25) is 0 Å². The fourth-order valence-corrected chi connectivity index (χ4v) is 2.50. The quantitative estimate of drug-likeness (QED) is 0.411. The normalized spacial score (nSPS) is 12.7. The maximum atomic E-state index is 6.07. The molecule has 0 amide bonds. The first-order valence-corrected chi connectivity index (χ1v) is 9.28. The largest absolute Gasteiger partial charge is 0.490 e. The van der Waals surface area contributed by atoms with Crippen LogP contribution in [0.5, 0.6) is 5.75 Å². The summed E-state index contributed by atoms with van der Waals surface area (Å²) in [5.74, 6) is 1.74. The Morgan fingerprint density at radius 3 is 2.88 bits per heavy atom. The SMILES string of the molecule is CCC(C)Oc1cc(C)ccc1CNC(=NC)NCCCn1ccnc1. The first-order valence-electron chi connectivity index (χ1n) is 9.28. The third-order valence-electron chi connectivity index (χ3n) is 4.24. The summed E-state index contributed by atoms with van der Waals surface area (Å²) in [5.41, 5.74) is 2.34. The van der Waals surface area contributed by atoms with E-state index in [-0.39, 0.29) is 6.10 Å². The van der Waals surface area contributed by atoms with Crippen LogP contribution in [-0.2, 0) is 13.1 Å². The van der Waals surface area contributed by atoms with Gasteiger partial charge in [-0.05, 0) is 38.3 Å². The van der Waals surface area contributed by atoms with Crippen LogP contribution in [0.3, 0.4) is 0 Å². The number of nitrogens with zero attached hydrogens (tertiary/aromatic N) is 3. The van der Waals surface area contributed by atoms with Crippen molar-refractivity contribution in [3.8, 4) is 5.75 Å². The number of ether oxygens (including phenoxy) is 1. The summed E-state index contributed by atoms with van der Waals surface area (Å²) in [7, 11) is 1.79. The standard InChI is InChI=1S/C20H31N5O/c1-5-17(3)26-19-13-16(2)7-8-18(19)14-24-20(21-4)23-9-6-11-25-12-10-22-15-25/h7-8,10,12-13,15,17H,5-6,9,11,14H2,1-4H3,(H2,21,23,24). The molecule has 1 unspecified atom stereocenters. The number of hydrogen-bond donors (Lipinski definition) is 2. The van der Waals surface area contributed by atoms with Gasteiger partial charge in [-0.3, -0.25) is 4.99 Å². The van der Waals surface area contributed by atoms with Crippen molar-refractivity contribution in [1.29, 1.82) is 0 Å². The minimum atomic E-state index is 0.205. The maximum Gasteiger partial charge on any atom is 0.191 e. The van der Waals surface area contributed by atoms with Crippen molar-refractivity contribution in [3.63, 3.8) is 0 Å². The highest BCUT2D eigenvalue weighted by Gasteiger charge is 2.08. The van der Waals surface area contributed by atoms with Gasteiger partial charge in [-0.2, -0.15) is 0 Å². The molecule has 0 saturated carbocycles. The third kappa shape index (κ3) is 6.43. The van der Waals surface area contributed by atoms with Crippen molar-refractivity contribution in [2.24, 2.45) is 4.99 Å². The Hall–Kier alpha value is -2.50. The molecule has 0 saturated heterocycles. The number of rotatable bonds is 9. The summed E-state index contributed by atoms with van der Waals surface area (Å²) in [5, 5.41) is 6.72. The van der Waals surface area contributed by atoms with Gasteiger partial charge in [0.25, 0.3) is 0 Å². The predicted octanol–water partition coefficient (Wildman–Crippen LogP) is 3.12. The van der Waals surface area contributed by atoms with E-state index in [4.69, 9.17) is 4.74 Å². The number of aliphatic imine (C=N–C) groups is 1. The minimum absolute atomic E-state index is 0.205. The van der Waals surface area contributed by atoms with Gasteiger partial charge in [0.15, 0.2) is 5.96 Å². The second kappa shape index (κ2) is 10.5. The lowest BCUT2D eigenvalue weighted by molar-refractivity contribution is 0.215. The molecule has 1 aromatic heterocycles. The zero-order valence-corrected chi connectivity index (χ0v) is 16.3. The van der Waals surface area contributed by atoms with E-state index in [2.05, 4.69) is 64.1 Å².